The van der Waals surface area contributed by atoms with Gasteiger partial charge in [0.15, 0.2) is 4.34 Å². The molecule has 0 saturated heterocycles. The first-order valence-electron chi connectivity index (χ1n) is 6.77. The van der Waals surface area contributed by atoms with Crippen molar-refractivity contribution >= 4 is 46.2 Å². The summed E-state index contributed by atoms with van der Waals surface area (Å²) in [5.41, 5.74) is 0.873. The molecule has 1 heterocycles. The highest BCUT2D eigenvalue weighted by atomic mass is 32.2. The molecular weight excluding hydrogens is 350 g/mol. The van der Waals surface area contributed by atoms with E-state index in [-0.39, 0.29) is 17.6 Å². The molecule has 0 spiro atoms. The van der Waals surface area contributed by atoms with Gasteiger partial charge in [0.2, 0.25) is 11.0 Å². The van der Waals surface area contributed by atoms with Crippen LogP contribution in [0.1, 0.15) is 5.56 Å². The smallest absolute Gasteiger partial charge is 0.316 e. The molecule has 24 heavy (non-hydrogen) atoms. The largest absolute Gasteiger partial charge is 0.497 e. The highest BCUT2D eigenvalue weighted by molar-refractivity contribution is 8.01. The van der Waals surface area contributed by atoms with Crippen LogP contribution in [0.2, 0.25) is 0 Å². The zero-order chi connectivity index (χ0) is 17.4. The Morgan fingerprint density at radius 2 is 2.00 bits per heavy atom. The van der Waals surface area contributed by atoms with Crippen molar-refractivity contribution in [2.45, 2.75) is 4.34 Å². The van der Waals surface area contributed by atoms with E-state index in [0.717, 1.165) is 11.3 Å². The molecule has 126 valence electrons. The van der Waals surface area contributed by atoms with E-state index in [4.69, 9.17) is 4.74 Å². The second kappa shape index (κ2) is 9.04. The summed E-state index contributed by atoms with van der Waals surface area (Å²) in [7, 11) is 2.92. The van der Waals surface area contributed by atoms with Crippen LogP contribution in [-0.4, -0.2) is 42.0 Å². The van der Waals surface area contributed by atoms with E-state index in [9.17, 15) is 9.59 Å². The van der Waals surface area contributed by atoms with E-state index >= 15 is 0 Å². The Bertz CT molecular complexity index is 729. The van der Waals surface area contributed by atoms with Crippen LogP contribution < -0.4 is 10.1 Å². The minimum absolute atomic E-state index is 0.149. The Labute approximate surface area is 147 Å². The molecule has 0 radical (unpaired) electrons. The molecular formula is C15H15N3O4S2. The maximum Gasteiger partial charge on any atom is 0.316 e. The molecule has 0 saturated carbocycles. The first-order valence-corrected chi connectivity index (χ1v) is 8.57. The fourth-order valence-corrected chi connectivity index (χ4v) is 3.12. The van der Waals surface area contributed by atoms with Gasteiger partial charge in [-0.3, -0.25) is 14.9 Å². The van der Waals surface area contributed by atoms with Crippen LogP contribution in [0.25, 0.3) is 6.08 Å². The van der Waals surface area contributed by atoms with Crippen LogP contribution >= 0.6 is 23.1 Å². The molecule has 2 aromatic rings. The van der Waals surface area contributed by atoms with Gasteiger partial charge in [-0.25, -0.2) is 0 Å². The molecule has 0 fully saturated rings. The Hall–Kier alpha value is -2.39. The van der Waals surface area contributed by atoms with Crippen molar-refractivity contribution in [2.75, 3.05) is 25.3 Å². The van der Waals surface area contributed by atoms with Crippen molar-refractivity contribution in [1.82, 2.24) is 10.2 Å². The summed E-state index contributed by atoms with van der Waals surface area (Å²) in [6.07, 6.45) is 3.09. The van der Waals surface area contributed by atoms with E-state index in [1.807, 2.05) is 24.3 Å². The number of hydrogen-bond acceptors (Lipinski definition) is 8. The summed E-state index contributed by atoms with van der Waals surface area (Å²) in [5, 5.41) is 10.7. The third-order valence-corrected chi connectivity index (χ3v) is 4.67. The lowest BCUT2D eigenvalue weighted by atomic mass is 10.2. The number of nitrogens with zero attached hydrogens (tertiary/aromatic N) is 2. The van der Waals surface area contributed by atoms with E-state index in [1.54, 1.807) is 13.2 Å². The van der Waals surface area contributed by atoms with Crippen molar-refractivity contribution in [3.63, 3.8) is 0 Å². The predicted molar refractivity (Wildman–Crippen MR) is 93.3 cm³/mol. The quantitative estimate of drug-likeness (QED) is 0.349. The predicted octanol–water partition coefficient (Wildman–Crippen LogP) is 2.46. The number of nitrogens with one attached hydrogen (secondary N) is 1. The number of anilines is 1. The standard InChI is InChI=1S/C15H15N3O4S2/c1-21-11-6-3-10(4-7-11)5-8-12(19)16-14-17-18-15(24-14)23-9-13(20)22-2/h3-8H,9H2,1-2H3,(H,16,17,19)/b8-5+. The molecule has 0 aliphatic rings. The molecule has 0 unspecified atom stereocenters. The Morgan fingerprint density at radius 1 is 1.25 bits per heavy atom. The molecule has 1 aromatic heterocycles. The molecule has 0 bridgehead atoms. The number of thioether (sulfide) groups is 1. The van der Waals surface area contributed by atoms with Crippen molar-refractivity contribution in [3.8, 4) is 5.75 Å². The molecule has 2 rings (SSSR count). The third kappa shape index (κ3) is 5.67. The number of aromatic nitrogens is 2. The average Bonchev–Trinajstić information content (AvgIpc) is 3.05. The SMILES string of the molecule is COC(=O)CSc1nnc(NC(=O)/C=C/c2ccc(OC)cc2)s1. The van der Waals surface area contributed by atoms with Gasteiger partial charge < -0.3 is 9.47 Å². The summed E-state index contributed by atoms with van der Waals surface area (Å²) in [6.45, 7) is 0. The second-order valence-electron chi connectivity index (χ2n) is 4.33. The number of ether oxygens (including phenoxy) is 2. The van der Waals surface area contributed by atoms with E-state index < -0.39 is 0 Å². The lowest BCUT2D eigenvalue weighted by molar-refractivity contribution is -0.137. The minimum Gasteiger partial charge on any atom is -0.497 e. The van der Waals surface area contributed by atoms with Gasteiger partial charge in [-0.2, -0.15) is 0 Å². The Kier molecular flexibility index (Phi) is 6.76. The number of methoxy groups -OCH3 is 2. The van der Waals surface area contributed by atoms with Crippen molar-refractivity contribution in [1.29, 1.82) is 0 Å². The number of carbonyl (C=O) groups is 2. The first kappa shape index (κ1) is 18.0. The second-order valence-corrected chi connectivity index (χ2v) is 6.53. The van der Waals surface area contributed by atoms with E-state index in [1.165, 1.54) is 36.3 Å². The molecule has 1 N–H and O–H groups in total. The Balaban J connectivity index is 1.86. The van der Waals surface area contributed by atoms with Crippen LogP contribution in [0.15, 0.2) is 34.7 Å². The average molecular weight is 365 g/mol. The maximum absolute atomic E-state index is 11.9. The lowest BCUT2D eigenvalue weighted by Gasteiger charge is -1.99. The maximum atomic E-state index is 11.9. The van der Waals surface area contributed by atoms with Crippen molar-refractivity contribution in [3.05, 3.63) is 35.9 Å². The van der Waals surface area contributed by atoms with Gasteiger partial charge in [0.05, 0.1) is 20.0 Å². The topological polar surface area (TPSA) is 90.4 Å². The number of rotatable bonds is 7. The number of hydrogen-bond donors (Lipinski definition) is 1. The van der Waals surface area contributed by atoms with Crippen LogP contribution in [-0.2, 0) is 14.3 Å². The molecule has 0 aliphatic carbocycles. The number of esters is 1. The fourth-order valence-electron chi connectivity index (χ4n) is 1.53. The normalized spacial score (nSPS) is 10.6. The van der Waals surface area contributed by atoms with Crippen LogP contribution in [0.5, 0.6) is 5.75 Å². The van der Waals surface area contributed by atoms with Gasteiger partial charge in [0.25, 0.3) is 0 Å². The molecule has 0 aliphatic heterocycles. The van der Waals surface area contributed by atoms with Crippen molar-refractivity contribution < 1.29 is 19.1 Å². The van der Waals surface area contributed by atoms with Crippen LogP contribution in [0, 0.1) is 0 Å². The zero-order valence-electron chi connectivity index (χ0n) is 13.0. The zero-order valence-corrected chi connectivity index (χ0v) is 14.6. The summed E-state index contributed by atoms with van der Waals surface area (Å²) in [5.74, 6) is 0.244. The molecule has 7 nitrogen and oxygen atoms in total. The summed E-state index contributed by atoms with van der Waals surface area (Å²) >= 11 is 2.39. The number of benzene rings is 1. The highest BCUT2D eigenvalue weighted by Gasteiger charge is 2.09. The lowest BCUT2D eigenvalue weighted by Crippen LogP contribution is -2.07. The first-order chi connectivity index (χ1) is 11.6. The van der Waals surface area contributed by atoms with Gasteiger partial charge in [0, 0.05) is 6.08 Å². The summed E-state index contributed by atoms with van der Waals surface area (Å²) in [4.78, 5) is 22.9. The van der Waals surface area contributed by atoms with Gasteiger partial charge in [-0.15, -0.1) is 10.2 Å². The minimum atomic E-state index is -0.344. The number of amides is 1. The summed E-state index contributed by atoms with van der Waals surface area (Å²) in [6, 6.07) is 7.31. The highest BCUT2D eigenvalue weighted by Crippen LogP contribution is 2.25. The molecule has 1 aromatic carbocycles. The molecule has 9 heteroatoms. The van der Waals surface area contributed by atoms with Gasteiger partial charge >= 0.3 is 5.97 Å². The molecule has 0 atom stereocenters. The monoisotopic (exact) mass is 365 g/mol. The Morgan fingerprint density at radius 3 is 2.67 bits per heavy atom. The molecule has 1 amide bonds. The van der Waals surface area contributed by atoms with Gasteiger partial charge in [0.1, 0.15) is 5.75 Å². The van der Waals surface area contributed by atoms with Crippen LogP contribution in [0.4, 0.5) is 5.13 Å². The van der Waals surface area contributed by atoms with Crippen molar-refractivity contribution in [2.24, 2.45) is 0 Å². The van der Waals surface area contributed by atoms with Gasteiger partial charge in [-0.05, 0) is 23.8 Å². The van der Waals surface area contributed by atoms with E-state index in [0.29, 0.717) is 9.47 Å². The third-order valence-electron chi connectivity index (χ3n) is 2.72. The van der Waals surface area contributed by atoms with Gasteiger partial charge in [-0.1, -0.05) is 35.2 Å². The van der Waals surface area contributed by atoms with Crippen LogP contribution in [0.3, 0.4) is 0 Å². The fraction of sp³-hybridized carbons (Fsp3) is 0.200. The number of carbonyl (C=O) groups excluding carboxylic acids is 2. The summed E-state index contributed by atoms with van der Waals surface area (Å²) < 4.78 is 10.2. The van der Waals surface area contributed by atoms with E-state index in [2.05, 4.69) is 20.3 Å².